The van der Waals surface area contributed by atoms with Crippen molar-refractivity contribution < 1.29 is 13.2 Å². The Bertz CT molecular complexity index is 723. The molecule has 28 heavy (non-hydrogen) atoms. The molecular weight excluding hydrogens is 357 g/mol. The Morgan fingerprint density at radius 1 is 1.00 bits per heavy atom. The molecule has 0 radical (unpaired) electrons. The first-order chi connectivity index (χ1) is 13.6. The minimum absolute atomic E-state index is 0.141. The summed E-state index contributed by atoms with van der Waals surface area (Å²) in [5, 5.41) is 0. The predicted molar refractivity (Wildman–Crippen MR) is 108 cm³/mol. The Hall–Kier alpha value is -1.25. The fourth-order valence-electron chi connectivity index (χ4n) is 6.37. The minimum Gasteiger partial charge on any atom is -0.216 e. The number of rotatable bonds is 4. The number of halogens is 3. The number of hydrogen-bond acceptors (Lipinski definition) is 0. The van der Waals surface area contributed by atoms with Crippen LogP contribution in [0.15, 0.2) is 18.5 Å². The van der Waals surface area contributed by atoms with Gasteiger partial charge in [0.1, 0.15) is 0 Å². The molecule has 1 aromatic rings. The highest BCUT2D eigenvalue weighted by Crippen LogP contribution is 2.49. The van der Waals surface area contributed by atoms with Gasteiger partial charge < -0.3 is 0 Å². The summed E-state index contributed by atoms with van der Waals surface area (Å²) in [6, 6.07) is 2.01. The van der Waals surface area contributed by atoms with E-state index in [2.05, 4.69) is 6.92 Å². The normalized spacial score (nSPS) is 32.9. The molecule has 0 saturated heterocycles. The highest BCUT2D eigenvalue weighted by atomic mass is 19.2. The van der Waals surface area contributed by atoms with Crippen molar-refractivity contribution in [3.63, 3.8) is 0 Å². The van der Waals surface area contributed by atoms with Crippen molar-refractivity contribution in [2.45, 2.75) is 83.5 Å². The van der Waals surface area contributed by atoms with Gasteiger partial charge in [-0.1, -0.05) is 31.9 Å². The molecule has 0 spiro atoms. The topological polar surface area (TPSA) is 0 Å². The van der Waals surface area contributed by atoms with Crippen molar-refractivity contribution in [1.82, 2.24) is 0 Å². The first kappa shape index (κ1) is 20.0. The van der Waals surface area contributed by atoms with Crippen LogP contribution >= 0.6 is 0 Å². The van der Waals surface area contributed by atoms with E-state index in [1.807, 2.05) is 6.07 Å². The lowest BCUT2D eigenvalue weighted by Crippen LogP contribution is -2.30. The lowest BCUT2D eigenvalue weighted by Gasteiger charge is -2.42. The van der Waals surface area contributed by atoms with Crippen molar-refractivity contribution in [2.24, 2.45) is 23.7 Å². The van der Waals surface area contributed by atoms with Crippen LogP contribution in [0.1, 0.15) is 87.3 Å². The van der Waals surface area contributed by atoms with Crippen LogP contribution in [0.3, 0.4) is 0 Å². The number of allylic oxidation sites excluding steroid dienone is 1. The molecule has 0 aromatic heterocycles. The molecule has 2 saturated carbocycles. The van der Waals surface area contributed by atoms with Gasteiger partial charge in [0.05, 0.1) is 6.33 Å². The summed E-state index contributed by atoms with van der Waals surface area (Å²) in [6.45, 7) is 2.16. The quantitative estimate of drug-likeness (QED) is 0.495. The van der Waals surface area contributed by atoms with Gasteiger partial charge in [0.25, 0.3) is 0 Å². The van der Waals surface area contributed by atoms with Crippen LogP contribution in [0.5, 0.6) is 0 Å². The second-order valence-corrected chi connectivity index (χ2v) is 9.55. The first-order valence-electron chi connectivity index (χ1n) is 11.4. The van der Waals surface area contributed by atoms with E-state index in [9.17, 15) is 8.78 Å². The van der Waals surface area contributed by atoms with Crippen LogP contribution in [-0.2, 0) is 12.8 Å². The predicted octanol–water partition coefficient (Wildman–Crippen LogP) is 7.65. The lowest BCUT2D eigenvalue weighted by molar-refractivity contribution is 0.132. The molecule has 0 heterocycles. The maximum atomic E-state index is 15.0. The molecule has 0 N–H and O–H groups in total. The summed E-state index contributed by atoms with van der Waals surface area (Å²) < 4.78 is 42.5. The molecule has 5 unspecified atom stereocenters. The Morgan fingerprint density at radius 3 is 2.57 bits per heavy atom. The first-order valence-corrected chi connectivity index (χ1v) is 11.4. The summed E-state index contributed by atoms with van der Waals surface area (Å²) in [6.07, 6.45) is 13.4. The van der Waals surface area contributed by atoms with E-state index in [1.165, 1.54) is 0 Å². The third-order valence-corrected chi connectivity index (χ3v) is 7.88. The molecule has 3 aliphatic carbocycles. The molecule has 0 amide bonds. The second kappa shape index (κ2) is 8.63. The molecule has 1 aromatic carbocycles. The second-order valence-electron chi connectivity index (χ2n) is 9.55. The van der Waals surface area contributed by atoms with Gasteiger partial charge in [-0.05, 0) is 104 Å². The van der Waals surface area contributed by atoms with Crippen molar-refractivity contribution in [3.05, 3.63) is 46.8 Å². The van der Waals surface area contributed by atoms with E-state index in [4.69, 9.17) is 0 Å². The SMILES string of the molecule is CCCC1CCc2cc(C3CCC4CC(/C=C/F)CCC4C3)c(F)c(F)c2C1. The summed E-state index contributed by atoms with van der Waals surface area (Å²) in [4.78, 5) is 0. The maximum Gasteiger partial charge on any atom is 0.162 e. The number of hydrogen-bond donors (Lipinski definition) is 0. The third kappa shape index (κ3) is 3.91. The molecular formula is C25H33F3. The van der Waals surface area contributed by atoms with Gasteiger partial charge in [-0.15, -0.1) is 0 Å². The van der Waals surface area contributed by atoms with Gasteiger partial charge in [0, 0.05) is 0 Å². The van der Waals surface area contributed by atoms with E-state index in [1.54, 1.807) is 6.08 Å². The Balaban J connectivity index is 1.51. The molecule has 5 atom stereocenters. The molecule has 0 bridgehead atoms. The molecule has 3 heteroatoms. The van der Waals surface area contributed by atoms with Crippen LogP contribution in [0.2, 0.25) is 0 Å². The minimum atomic E-state index is -0.576. The third-order valence-electron chi connectivity index (χ3n) is 7.88. The smallest absolute Gasteiger partial charge is 0.162 e. The Kier molecular flexibility index (Phi) is 6.18. The van der Waals surface area contributed by atoms with Crippen molar-refractivity contribution >= 4 is 0 Å². The van der Waals surface area contributed by atoms with E-state index in [0.29, 0.717) is 47.5 Å². The Labute approximate surface area is 167 Å². The maximum absolute atomic E-state index is 15.0. The van der Waals surface area contributed by atoms with E-state index < -0.39 is 11.6 Å². The largest absolute Gasteiger partial charge is 0.216 e. The zero-order valence-corrected chi connectivity index (χ0v) is 17.0. The summed E-state index contributed by atoms with van der Waals surface area (Å²) >= 11 is 0. The molecule has 3 aliphatic rings. The summed E-state index contributed by atoms with van der Waals surface area (Å²) in [5.74, 6) is 1.06. The van der Waals surface area contributed by atoms with Gasteiger partial charge in [0.15, 0.2) is 11.6 Å². The van der Waals surface area contributed by atoms with Gasteiger partial charge in [0.2, 0.25) is 0 Å². The monoisotopic (exact) mass is 390 g/mol. The molecule has 2 fully saturated rings. The van der Waals surface area contributed by atoms with Crippen LogP contribution in [0.25, 0.3) is 0 Å². The molecule has 0 aliphatic heterocycles. The summed E-state index contributed by atoms with van der Waals surface area (Å²) in [5.41, 5.74) is 2.34. The summed E-state index contributed by atoms with van der Waals surface area (Å²) in [7, 11) is 0. The van der Waals surface area contributed by atoms with Crippen LogP contribution in [0, 0.1) is 35.3 Å². The lowest BCUT2D eigenvalue weighted by atomic mass is 9.63. The van der Waals surface area contributed by atoms with Crippen molar-refractivity contribution in [2.75, 3.05) is 0 Å². The molecule has 4 rings (SSSR count). The Morgan fingerprint density at radius 2 is 1.79 bits per heavy atom. The van der Waals surface area contributed by atoms with Crippen molar-refractivity contribution in [3.8, 4) is 0 Å². The average Bonchev–Trinajstić information content (AvgIpc) is 2.71. The number of fused-ring (bicyclic) bond motifs is 2. The van der Waals surface area contributed by atoms with E-state index >= 15 is 4.39 Å². The number of aryl methyl sites for hydroxylation is 1. The fraction of sp³-hybridized carbons (Fsp3) is 0.680. The zero-order chi connectivity index (χ0) is 19.7. The fourth-order valence-corrected chi connectivity index (χ4v) is 6.37. The average molecular weight is 391 g/mol. The van der Waals surface area contributed by atoms with Gasteiger partial charge >= 0.3 is 0 Å². The zero-order valence-electron chi connectivity index (χ0n) is 17.0. The van der Waals surface area contributed by atoms with Crippen LogP contribution in [-0.4, -0.2) is 0 Å². The van der Waals surface area contributed by atoms with Crippen LogP contribution < -0.4 is 0 Å². The van der Waals surface area contributed by atoms with Gasteiger partial charge in [-0.25, -0.2) is 13.2 Å². The van der Waals surface area contributed by atoms with E-state index in [-0.39, 0.29) is 5.92 Å². The highest BCUT2D eigenvalue weighted by Gasteiger charge is 2.37. The highest BCUT2D eigenvalue weighted by molar-refractivity contribution is 5.38. The van der Waals surface area contributed by atoms with Gasteiger partial charge in [-0.2, -0.15) is 0 Å². The molecule has 0 nitrogen and oxygen atoms in total. The number of benzene rings is 1. The van der Waals surface area contributed by atoms with Crippen LogP contribution in [0.4, 0.5) is 13.2 Å². The standard InChI is InChI=1S/C25H33F3/c1-2-3-16-5-7-21-15-23(25(28)24(27)22(21)13-16)20-9-8-18-12-17(10-11-26)4-6-19(18)14-20/h10-11,15-20H,2-9,12-14H2,1H3/b11-10+. The van der Waals surface area contributed by atoms with Gasteiger partial charge in [-0.3, -0.25) is 0 Å². The molecule has 154 valence electrons. The van der Waals surface area contributed by atoms with E-state index in [0.717, 1.165) is 69.8 Å². The van der Waals surface area contributed by atoms with Crippen molar-refractivity contribution in [1.29, 1.82) is 0 Å².